The minimum Gasteiger partial charge on any atom is -0.497 e. The van der Waals surface area contributed by atoms with Gasteiger partial charge >= 0.3 is 0 Å². The van der Waals surface area contributed by atoms with Crippen molar-refractivity contribution >= 4 is 10.0 Å². The summed E-state index contributed by atoms with van der Waals surface area (Å²) in [5.74, 6) is 1.49. The van der Waals surface area contributed by atoms with Gasteiger partial charge in [-0.25, -0.2) is 13.1 Å². The topological polar surface area (TPSA) is 64.6 Å². The summed E-state index contributed by atoms with van der Waals surface area (Å²) in [6, 6.07) is 16.7. The summed E-state index contributed by atoms with van der Waals surface area (Å²) in [5.41, 5.74) is 1.01. The van der Waals surface area contributed by atoms with E-state index in [1.165, 1.54) is 0 Å². The van der Waals surface area contributed by atoms with Gasteiger partial charge in [-0.15, -0.1) is 0 Å². The highest BCUT2D eigenvalue weighted by Gasteiger charge is 2.09. The average molecular weight is 335 g/mol. The summed E-state index contributed by atoms with van der Waals surface area (Å²) < 4.78 is 36.9. The van der Waals surface area contributed by atoms with Crippen molar-refractivity contribution in [3.8, 4) is 11.5 Å². The van der Waals surface area contributed by atoms with Crippen LogP contribution in [0.2, 0.25) is 0 Å². The van der Waals surface area contributed by atoms with Gasteiger partial charge in [0, 0.05) is 6.54 Å². The fourth-order valence-electron chi connectivity index (χ4n) is 2.01. The first-order valence-electron chi connectivity index (χ1n) is 7.37. The molecule has 0 aliphatic heterocycles. The van der Waals surface area contributed by atoms with Crippen LogP contribution in [0.5, 0.6) is 11.5 Å². The molecule has 2 rings (SSSR count). The summed E-state index contributed by atoms with van der Waals surface area (Å²) in [6.45, 7) is 0.514. The first-order valence-corrected chi connectivity index (χ1v) is 9.02. The molecule has 5 nitrogen and oxygen atoms in total. The molecule has 0 fully saturated rings. The molecule has 0 amide bonds. The van der Waals surface area contributed by atoms with Crippen molar-refractivity contribution in [2.24, 2.45) is 0 Å². The van der Waals surface area contributed by atoms with Crippen LogP contribution >= 0.6 is 0 Å². The van der Waals surface area contributed by atoms with Gasteiger partial charge in [0.25, 0.3) is 0 Å². The molecule has 6 heteroatoms. The second-order valence-corrected chi connectivity index (χ2v) is 6.90. The molecule has 0 aliphatic rings. The van der Waals surface area contributed by atoms with E-state index in [4.69, 9.17) is 9.47 Å². The summed E-state index contributed by atoms with van der Waals surface area (Å²) in [6.07, 6.45) is 0.496. The highest BCUT2D eigenvalue weighted by atomic mass is 32.2. The molecule has 0 aromatic heterocycles. The Hall–Kier alpha value is -2.05. The highest BCUT2D eigenvalue weighted by molar-refractivity contribution is 7.89. The van der Waals surface area contributed by atoms with Crippen molar-refractivity contribution < 1.29 is 17.9 Å². The van der Waals surface area contributed by atoms with Gasteiger partial charge in [0.05, 0.1) is 12.9 Å². The minimum absolute atomic E-state index is 0.0690. The Morgan fingerprint density at radius 3 is 2.26 bits per heavy atom. The van der Waals surface area contributed by atoms with Crippen molar-refractivity contribution in [1.82, 2.24) is 4.72 Å². The molecule has 2 aromatic carbocycles. The van der Waals surface area contributed by atoms with E-state index in [1.807, 2.05) is 30.3 Å². The van der Waals surface area contributed by atoms with E-state index in [-0.39, 0.29) is 18.9 Å². The molecule has 1 N–H and O–H groups in total. The lowest BCUT2D eigenvalue weighted by atomic mass is 10.2. The van der Waals surface area contributed by atoms with E-state index in [1.54, 1.807) is 31.4 Å². The number of sulfonamides is 1. The van der Waals surface area contributed by atoms with E-state index >= 15 is 0 Å². The van der Waals surface area contributed by atoms with Crippen LogP contribution in [0, 0.1) is 0 Å². The third-order valence-corrected chi connectivity index (χ3v) is 4.64. The van der Waals surface area contributed by atoms with Crippen LogP contribution in [0.1, 0.15) is 5.56 Å². The molecule has 0 atom stereocenters. The average Bonchev–Trinajstić information content (AvgIpc) is 2.58. The third kappa shape index (κ3) is 6.30. The van der Waals surface area contributed by atoms with Crippen LogP contribution in [-0.4, -0.2) is 34.4 Å². The van der Waals surface area contributed by atoms with Crippen LogP contribution < -0.4 is 14.2 Å². The number of rotatable bonds is 9. The SMILES string of the molecule is COc1ccc(OCCNS(=O)(=O)CCc2ccccc2)cc1. The van der Waals surface area contributed by atoms with Crippen molar-refractivity contribution in [2.45, 2.75) is 6.42 Å². The second kappa shape index (κ2) is 8.55. The maximum Gasteiger partial charge on any atom is 0.212 e. The van der Waals surface area contributed by atoms with Crippen LogP contribution in [0.4, 0.5) is 0 Å². The number of aryl methyl sites for hydroxylation is 1. The molecule has 0 bridgehead atoms. The van der Waals surface area contributed by atoms with Crippen molar-refractivity contribution in [3.63, 3.8) is 0 Å². The monoisotopic (exact) mass is 335 g/mol. The first kappa shape index (κ1) is 17.3. The molecule has 124 valence electrons. The molecule has 23 heavy (non-hydrogen) atoms. The molecule has 0 radical (unpaired) electrons. The van der Waals surface area contributed by atoms with Crippen molar-refractivity contribution in [2.75, 3.05) is 26.0 Å². The second-order valence-electron chi connectivity index (χ2n) is 4.97. The van der Waals surface area contributed by atoms with Crippen molar-refractivity contribution in [1.29, 1.82) is 0 Å². The molecule has 0 heterocycles. The molecular weight excluding hydrogens is 314 g/mol. The molecule has 0 unspecified atom stereocenters. The molecule has 0 saturated carbocycles. The Morgan fingerprint density at radius 1 is 0.957 bits per heavy atom. The maximum atomic E-state index is 11.9. The molecule has 0 saturated heterocycles. The predicted octanol–water partition coefficient (Wildman–Crippen LogP) is 2.24. The minimum atomic E-state index is -3.29. The van der Waals surface area contributed by atoms with E-state index in [0.717, 1.165) is 11.3 Å². The highest BCUT2D eigenvalue weighted by Crippen LogP contribution is 2.16. The molecular formula is C17H21NO4S. The number of benzene rings is 2. The Bertz CT molecular complexity index is 684. The van der Waals surface area contributed by atoms with E-state index in [9.17, 15) is 8.42 Å². The zero-order valence-corrected chi connectivity index (χ0v) is 13.9. The van der Waals surface area contributed by atoms with Gasteiger partial charge in [-0.05, 0) is 36.2 Å². The zero-order valence-electron chi connectivity index (χ0n) is 13.1. The van der Waals surface area contributed by atoms with Gasteiger partial charge in [-0.2, -0.15) is 0 Å². The van der Waals surface area contributed by atoms with Gasteiger partial charge in [0.1, 0.15) is 18.1 Å². The standard InChI is InChI=1S/C17H21NO4S/c1-21-16-7-9-17(10-8-16)22-13-12-18-23(19,20)14-11-15-5-3-2-4-6-15/h2-10,18H,11-14H2,1H3. The number of methoxy groups -OCH3 is 1. The van der Waals surface area contributed by atoms with E-state index in [2.05, 4.69) is 4.72 Å². The van der Waals surface area contributed by atoms with Crippen LogP contribution in [-0.2, 0) is 16.4 Å². The van der Waals surface area contributed by atoms with Crippen LogP contribution in [0.25, 0.3) is 0 Å². The third-order valence-electron chi connectivity index (χ3n) is 3.25. The summed E-state index contributed by atoms with van der Waals surface area (Å²) in [5, 5.41) is 0. The molecule has 0 aliphatic carbocycles. The first-order chi connectivity index (χ1) is 11.1. The normalized spacial score (nSPS) is 11.2. The lowest BCUT2D eigenvalue weighted by Crippen LogP contribution is -2.31. The van der Waals surface area contributed by atoms with Gasteiger partial charge in [0.2, 0.25) is 10.0 Å². The van der Waals surface area contributed by atoms with Gasteiger partial charge in [-0.1, -0.05) is 30.3 Å². The summed E-state index contributed by atoms with van der Waals surface area (Å²) in [7, 11) is -1.70. The fourth-order valence-corrected chi connectivity index (χ4v) is 3.05. The predicted molar refractivity (Wildman–Crippen MR) is 90.4 cm³/mol. The quantitative estimate of drug-likeness (QED) is 0.714. The number of nitrogens with one attached hydrogen (secondary N) is 1. The zero-order chi connectivity index (χ0) is 16.5. The Kier molecular flexibility index (Phi) is 6.43. The largest absolute Gasteiger partial charge is 0.497 e. The lowest BCUT2D eigenvalue weighted by Gasteiger charge is -2.09. The number of hydrogen-bond acceptors (Lipinski definition) is 4. The number of ether oxygens (including phenoxy) is 2. The molecule has 2 aromatic rings. The van der Waals surface area contributed by atoms with E-state index < -0.39 is 10.0 Å². The Morgan fingerprint density at radius 2 is 1.61 bits per heavy atom. The smallest absolute Gasteiger partial charge is 0.212 e. The number of hydrogen-bond donors (Lipinski definition) is 1. The molecule has 0 spiro atoms. The van der Waals surface area contributed by atoms with Gasteiger partial charge in [-0.3, -0.25) is 0 Å². The maximum absolute atomic E-state index is 11.9. The van der Waals surface area contributed by atoms with Crippen LogP contribution in [0.3, 0.4) is 0 Å². The summed E-state index contributed by atoms with van der Waals surface area (Å²) >= 11 is 0. The summed E-state index contributed by atoms with van der Waals surface area (Å²) in [4.78, 5) is 0. The van der Waals surface area contributed by atoms with Gasteiger partial charge in [0.15, 0.2) is 0 Å². The lowest BCUT2D eigenvalue weighted by molar-refractivity contribution is 0.322. The van der Waals surface area contributed by atoms with Crippen molar-refractivity contribution in [3.05, 3.63) is 60.2 Å². The fraction of sp³-hybridized carbons (Fsp3) is 0.294. The Balaban J connectivity index is 1.69. The van der Waals surface area contributed by atoms with E-state index in [0.29, 0.717) is 12.2 Å². The Labute approximate surface area is 137 Å². The van der Waals surface area contributed by atoms with Gasteiger partial charge < -0.3 is 9.47 Å². The van der Waals surface area contributed by atoms with Crippen LogP contribution in [0.15, 0.2) is 54.6 Å².